The lowest BCUT2D eigenvalue weighted by Gasteiger charge is -2.29. The SMILES string of the molecule is CNC(=O)c1ncc(N2CCOCC2)cc1-c1nc(-c2ccccc2Cl)cs1. The van der Waals surface area contributed by atoms with Crippen molar-refractivity contribution in [2.75, 3.05) is 38.3 Å². The molecule has 0 spiro atoms. The number of thiazole rings is 1. The normalized spacial score (nSPS) is 14.1. The Balaban J connectivity index is 1.76. The van der Waals surface area contributed by atoms with Crippen LogP contribution in [0, 0.1) is 0 Å². The second-order valence-corrected chi connectivity index (χ2v) is 7.55. The summed E-state index contributed by atoms with van der Waals surface area (Å²) < 4.78 is 5.43. The molecule has 1 aliphatic rings. The quantitative estimate of drug-likeness (QED) is 0.704. The van der Waals surface area contributed by atoms with Crippen molar-refractivity contribution in [2.24, 2.45) is 0 Å². The zero-order valence-electron chi connectivity index (χ0n) is 15.3. The molecule has 1 fully saturated rings. The van der Waals surface area contributed by atoms with E-state index in [-0.39, 0.29) is 5.91 Å². The van der Waals surface area contributed by atoms with Gasteiger partial charge in [0.15, 0.2) is 0 Å². The van der Waals surface area contributed by atoms with Crippen molar-refractivity contribution in [2.45, 2.75) is 0 Å². The van der Waals surface area contributed by atoms with Crippen molar-refractivity contribution in [3.63, 3.8) is 0 Å². The van der Waals surface area contributed by atoms with Crippen molar-refractivity contribution in [1.82, 2.24) is 15.3 Å². The Morgan fingerprint density at radius 1 is 1.25 bits per heavy atom. The molecule has 1 aromatic carbocycles. The molecule has 2 aromatic heterocycles. The summed E-state index contributed by atoms with van der Waals surface area (Å²) in [6.07, 6.45) is 1.74. The Kier molecular flexibility index (Phi) is 5.57. The minimum absolute atomic E-state index is 0.238. The number of morpholine rings is 1. The summed E-state index contributed by atoms with van der Waals surface area (Å²) in [7, 11) is 1.60. The van der Waals surface area contributed by atoms with Crippen LogP contribution in [-0.4, -0.2) is 49.2 Å². The van der Waals surface area contributed by atoms with Crippen LogP contribution in [0.15, 0.2) is 41.9 Å². The molecular weight excluding hydrogens is 396 g/mol. The van der Waals surface area contributed by atoms with E-state index in [4.69, 9.17) is 21.3 Å². The van der Waals surface area contributed by atoms with Crippen LogP contribution >= 0.6 is 22.9 Å². The van der Waals surface area contributed by atoms with E-state index in [1.54, 1.807) is 13.2 Å². The van der Waals surface area contributed by atoms with Gasteiger partial charge in [-0.25, -0.2) is 9.97 Å². The van der Waals surface area contributed by atoms with E-state index in [2.05, 4.69) is 15.2 Å². The topological polar surface area (TPSA) is 67.4 Å². The third-order valence-corrected chi connectivity index (χ3v) is 5.78. The summed E-state index contributed by atoms with van der Waals surface area (Å²) in [5.41, 5.74) is 3.68. The Hall–Kier alpha value is -2.48. The van der Waals surface area contributed by atoms with Gasteiger partial charge < -0.3 is 15.0 Å². The minimum Gasteiger partial charge on any atom is -0.378 e. The molecule has 144 valence electrons. The molecule has 1 N–H and O–H groups in total. The maximum atomic E-state index is 12.4. The van der Waals surface area contributed by atoms with Gasteiger partial charge in [0.1, 0.15) is 10.7 Å². The standard InChI is InChI=1S/C20H19ClN4O2S/c1-22-19(26)18-15(10-13(11-23-18)25-6-8-27-9-7-25)20-24-17(12-28-20)14-4-2-3-5-16(14)21/h2-5,10-12H,6-9H2,1H3,(H,22,26). The summed E-state index contributed by atoms with van der Waals surface area (Å²) >= 11 is 7.79. The van der Waals surface area contributed by atoms with Crippen molar-refractivity contribution in [3.05, 3.63) is 52.6 Å². The Morgan fingerprint density at radius 3 is 2.79 bits per heavy atom. The molecule has 28 heavy (non-hydrogen) atoms. The van der Waals surface area contributed by atoms with Gasteiger partial charge in [-0.15, -0.1) is 11.3 Å². The average molecular weight is 415 g/mol. The van der Waals surface area contributed by atoms with Crippen LogP contribution < -0.4 is 10.2 Å². The minimum atomic E-state index is -0.238. The van der Waals surface area contributed by atoms with Gasteiger partial charge in [-0.05, 0) is 12.1 Å². The summed E-state index contributed by atoms with van der Waals surface area (Å²) in [6.45, 7) is 2.95. The Morgan fingerprint density at radius 2 is 2.04 bits per heavy atom. The van der Waals surface area contributed by atoms with Crippen molar-refractivity contribution in [3.8, 4) is 21.8 Å². The highest BCUT2D eigenvalue weighted by atomic mass is 35.5. The van der Waals surface area contributed by atoms with Crippen molar-refractivity contribution in [1.29, 1.82) is 0 Å². The zero-order valence-corrected chi connectivity index (χ0v) is 16.9. The van der Waals surface area contributed by atoms with Gasteiger partial charge in [0.05, 0.1) is 30.8 Å². The number of hydrogen-bond donors (Lipinski definition) is 1. The molecular formula is C20H19ClN4O2S. The molecule has 1 saturated heterocycles. The molecule has 1 amide bonds. The fourth-order valence-corrected chi connectivity index (χ4v) is 4.17. The summed E-state index contributed by atoms with van der Waals surface area (Å²) in [6, 6.07) is 9.57. The van der Waals surface area contributed by atoms with E-state index in [0.29, 0.717) is 29.5 Å². The number of aromatic nitrogens is 2. The largest absolute Gasteiger partial charge is 0.378 e. The van der Waals surface area contributed by atoms with E-state index in [9.17, 15) is 4.79 Å². The second kappa shape index (κ2) is 8.26. The number of rotatable bonds is 4. The van der Waals surface area contributed by atoms with Crippen LogP contribution in [0.1, 0.15) is 10.5 Å². The van der Waals surface area contributed by atoms with E-state index >= 15 is 0 Å². The molecule has 3 aromatic rings. The van der Waals surface area contributed by atoms with Gasteiger partial charge in [-0.2, -0.15) is 0 Å². The first-order valence-electron chi connectivity index (χ1n) is 8.93. The van der Waals surface area contributed by atoms with Crippen LogP contribution in [-0.2, 0) is 4.74 Å². The lowest BCUT2D eigenvalue weighted by Crippen LogP contribution is -2.36. The average Bonchev–Trinajstić information content (AvgIpc) is 3.23. The first-order chi connectivity index (χ1) is 13.7. The number of nitrogens with zero attached hydrogens (tertiary/aromatic N) is 3. The van der Waals surface area contributed by atoms with Gasteiger partial charge >= 0.3 is 0 Å². The molecule has 0 atom stereocenters. The Bertz CT molecular complexity index is 1000. The van der Waals surface area contributed by atoms with Gasteiger partial charge in [-0.3, -0.25) is 4.79 Å². The molecule has 0 aliphatic carbocycles. The number of pyridine rings is 1. The predicted molar refractivity (Wildman–Crippen MR) is 112 cm³/mol. The third-order valence-electron chi connectivity index (χ3n) is 4.58. The van der Waals surface area contributed by atoms with Crippen LogP contribution in [0.25, 0.3) is 21.8 Å². The number of amides is 1. The highest BCUT2D eigenvalue weighted by Gasteiger charge is 2.20. The molecule has 6 nitrogen and oxygen atoms in total. The fourth-order valence-electron chi connectivity index (χ4n) is 3.10. The van der Waals surface area contributed by atoms with Crippen LogP contribution in [0.2, 0.25) is 5.02 Å². The van der Waals surface area contributed by atoms with Crippen LogP contribution in [0.3, 0.4) is 0 Å². The van der Waals surface area contributed by atoms with E-state index in [0.717, 1.165) is 35.0 Å². The lowest BCUT2D eigenvalue weighted by atomic mass is 10.1. The number of halogens is 1. The maximum Gasteiger partial charge on any atom is 0.270 e. The molecule has 4 rings (SSSR count). The lowest BCUT2D eigenvalue weighted by molar-refractivity contribution is 0.0958. The monoisotopic (exact) mass is 414 g/mol. The number of nitrogens with one attached hydrogen (secondary N) is 1. The third kappa shape index (κ3) is 3.73. The number of carbonyl (C=O) groups excluding carboxylic acids is 1. The molecule has 8 heteroatoms. The van der Waals surface area contributed by atoms with E-state index in [1.807, 2.05) is 35.7 Å². The molecule has 0 saturated carbocycles. The number of hydrogen-bond acceptors (Lipinski definition) is 6. The van der Waals surface area contributed by atoms with Crippen LogP contribution in [0.5, 0.6) is 0 Å². The maximum absolute atomic E-state index is 12.4. The molecule has 0 unspecified atom stereocenters. The van der Waals surface area contributed by atoms with Gasteiger partial charge in [0, 0.05) is 41.7 Å². The number of benzene rings is 1. The Labute approximate surface area is 172 Å². The molecule has 1 aliphatic heterocycles. The first-order valence-corrected chi connectivity index (χ1v) is 10.2. The number of anilines is 1. The second-order valence-electron chi connectivity index (χ2n) is 6.29. The van der Waals surface area contributed by atoms with E-state index < -0.39 is 0 Å². The predicted octanol–water partition coefficient (Wildman–Crippen LogP) is 3.72. The molecule has 0 bridgehead atoms. The molecule has 3 heterocycles. The van der Waals surface area contributed by atoms with Gasteiger partial charge in [0.2, 0.25) is 0 Å². The molecule has 0 radical (unpaired) electrons. The number of ether oxygens (including phenoxy) is 1. The van der Waals surface area contributed by atoms with Crippen molar-refractivity contribution >= 4 is 34.5 Å². The highest BCUT2D eigenvalue weighted by molar-refractivity contribution is 7.13. The summed E-state index contributed by atoms with van der Waals surface area (Å²) in [5, 5.41) is 5.99. The number of carbonyl (C=O) groups is 1. The fraction of sp³-hybridized carbons (Fsp3) is 0.250. The summed E-state index contributed by atoms with van der Waals surface area (Å²) in [5.74, 6) is -0.238. The highest BCUT2D eigenvalue weighted by Crippen LogP contribution is 2.35. The smallest absolute Gasteiger partial charge is 0.270 e. The summed E-state index contributed by atoms with van der Waals surface area (Å²) in [4.78, 5) is 23.8. The zero-order chi connectivity index (χ0) is 19.5. The first kappa shape index (κ1) is 18.9. The van der Waals surface area contributed by atoms with Gasteiger partial charge in [-0.1, -0.05) is 29.8 Å². The van der Waals surface area contributed by atoms with Crippen molar-refractivity contribution < 1.29 is 9.53 Å². The van der Waals surface area contributed by atoms with Gasteiger partial charge in [0.25, 0.3) is 5.91 Å². The van der Waals surface area contributed by atoms with Crippen LogP contribution in [0.4, 0.5) is 5.69 Å². The van der Waals surface area contributed by atoms with E-state index in [1.165, 1.54) is 11.3 Å².